The number of hydrogen-bond donors (Lipinski definition) is 1. The molecular formula is C25H25N3O4. The molecule has 7 heteroatoms. The maximum Gasteiger partial charge on any atom is 0.220 e. The van der Waals surface area contributed by atoms with Crippen LogP contribution in [0.25, 0.3) is 0 Å². The Morgan fingerprint density at radius 3 is 2.66 bits per heavy atom. The Morgan fingerprint density at radius 2 is 1.88 bits per heavy atom. The molecule has 1 heterocycles. The quantitative estimate of drug-likeness (QED) is 0.461. The average molecular weight is 431 g/mol. The molecule has 0 aliphatic rings. The Labute approximate surface area is 187 Å². The first-order chi connectivity index (χ1) is 15.7. The van der Waals surface area contributed by atoms with Gasteiger partial charge in [-0.3, -0.25) is 4.79 Å². The number of benzene rings is 2. The second-order valence-corrected chi connectivity index (χ2v) is 6.98. The molecule has 0 spiro atoms. The predicted molar refractivity (Wildman–Crippen MR) is 119 cm³/mol. The number of nitrogens with one attached hydrogen (secondary N) is 1. The fraction of sp³-hybridized carbons (Fsp3) is 0.240. The summed E-state index contributed by atoms with van der Waals surface area (Å²) >= 11 is 0. The van der Waals surface area contributed by atoms with Crippen LogP contribution < -0.4 is 19.5 Å². The molecule has 164 valence electrons. The van der Waals surface area contributed by atoms with Gasteiger partial charge in [0.05, 0.1) is 25.3 Å². The van der Waals surface area contributed by atoms with Crippen molar-refractivity contribution in [3.63, 3.8) is 0 Å². The lowest BCUT2D eigenvalue weighted by molar-refractivity contribution is -0.121. The Bertz CT molecular complexity index is 1060. The van der Waals surface area contributed by atoms with E-state index < -0.39 is 0 Å². The summed E-state index contributed by atoms with van der Waals surface area (Å²) in [6, 6.07) is 20.6. The Balaban J connectivity index is 1.38. The van der Waals surface area contributed by atoms with E-state index in [1.54, 1.807) is 24.4 Å². The van der Waals surface area contributed by atoms with E-state index in [1.165, 1.54) is 7.11 Å². The SMILES string of the molecule is COc1cc(C#N)ccc1OCCCC(=O)NCc1ccnc(OCc2ccccc2)c1. The van der Waals surface area contributed by atoms with Crippen molar-refractivity contribution in [1.29, 1.82) is 5.26 Å². The molecule has 0 saturated carbocycles. The number of carbonyl (C=O) groups excluding carboxylic acids is 1. The molecule has 0 aliphatic carbocycles. The van der Waals surface area contributed by atoms with E-state index in [0.717, 1.165) is 11.1 Å². The Hall–Kier alpha value is -4.05. The van der Waals surface area contributed by atoms with Gasteiger partial charge in [0.1, 0.15) is 6.61 Å². The van der Waals surface area contributed by atoms with Crippen LogP contribution in [0, 0.1) is 11.3 Å². The lowest BCUT2D eigenvalue weighted by Gasteiger charge is -2.11. The van der Waals surface area contributed by atoms with Gasteiger partial charge < -0.3 is 19.5 Å². The molecule has 2 aromatic carbocycles. The number of aromatic nitrogens is 1. The molecule has 0 unspecified atom stereocenters. The molecule has 0 saturated heterocycles. The summed E-state index contributed by atoms with van der Waals surface area (Å²) in [7, 11) is 1.52. The third-order valence-corrected chi connectivity index (χ3v) is 4.62. The molecule has 0 bridgehead atoms. The standard InChI is InChI=1S/C25H25N3O4/c1-30-23-14-20(16-26)9-10-22(23)31-13-5-8-24(29)28-17-21-11-12-27-25(15-21)32-18-19-6-3-2-4-7-19/h2-4,6-7,9-12,14-15H,5,8,13,17-18H2,1H3,(H,28,29). The number of nitrogens with zero attached hydrogens (tertiary/aromatic N) is 2. The van der Waals surface area contributed by atoms with E-state index in [1.807, 2.05) is 42.5 Å². The van der Waals surface area contributed by atoms with Crippen LogP contribution in [0.1, 0.15) is 29.5 Å². The second kappa shape index (κ2) is 12.0. The first-order valence-electron chi connectivity index (χ1n) is 10.3. The van der Waals surface area contributed by atoms with Crippen molar-refractivity contribution in [3.8, 4) is 23.4 Å². The third kappa shape index (κ3) is 7.03. The molecule has 0 fully saturated rings. The molecule has 0 radical (unpaired) electrons. The molecule has 0 aliphatic heterocycles. The van der Waals surface area contributed by atoms with E-state index in [4.69, 9.17) is 19.5 Å². The monoisotopic (exact) mass is 431 g/mol. The van der Waals surface area contributed by atoms with Crippen molar-refractivity contribution in [2.75, 3.05) is 13.7 Å². The summed E-state index contributed by atoms with van der Waals surface area (Å²) in [5.74, 6) is 1.50. The number of carbonyl (C=O) groups is 1. The molecule has 1 amide bonds. The van der Waals surface area contributed by atoms with Crippen LogP contribution in [0.2, 0.25) is 0 Å². The Morgan fingerprint density at radius 1 is 1.03 bits per heavy atom. The smallest absolute Gasteiger partial charge is 0.220 e. The van der Waals surface area contributed by atoms with Crippen molar-refractivity contribution < 1.29 is 19.0 Å². The van der Waals surface area contributed by atoms with Crippen molar-refractivity contribution in [1.82, 2.24) is 10.3 Å². The van der Waals surface area contributed by atoms with Crippen LogP contribution in [0.3, 0.4) is 0 Å². The van der Waals surface area contributed by atoms with Crippen molar-refractivity contribution >= 4 is 5.91 Å². The van der Waals surface area contributed by atoms with Gasteiger partial charge in [0, 0.05) is 31.3 Å². The zero-order valence-electron chi connectivity index (χ0n) is 17.9. The first kappa shape index (κ1) is 22.6. The first-order valence-corrected chi connectivity index (χ1v) is 10.3. The number of hydrogen-bond acceptors (Lipinski definition) is 6. The largest absolute Gasteiger partial charge is 0.493 e. The summed E-state index contributed by atoms with van der Waals surface area (Å²) in [6.45, 7) is 1.20. The summed E-state index contributed by atoms with van der Waals surface area (Å²) in [4.78, 5) is 16.4. The number of ether oxygens (including phenoxy) is 3. The topological polar surface area (TPSA) is 93.5 Å². The number of rotatable bonds is 11. The normalized spacial score (nSPS) is 10.1. The number of pyridine rings is 1. The van der Waals surface area contributed by atoms with Crippen LogP contribution in [0.15, 0.2) is 66.9 Å². The summed E-state index contributed by atoms with van der Waals surface area (Å²) in [5.41, 5.74) is 2.47. The van der Waals surface area contributed by atoms with Gasteiger partial charge in [-0.1, -0.05) is 30.3 Å². The van der Waals surface area contributed by atoms with Gasteiger partial charge in [-0.15, -0.1) is 0 Å². The van der Waals surface area contributed by atoms with Crippen LogP contribution in [0.4, 0.5) is 0 Å². The predicted octanol–water partition coefficient (Wildman–Crippen LogP) is 4.02. The average Bonchev–Trinajstić information content (AvgIpc) is 2.85. The van der Waals surface area contributed by atoms with Crippen LogP contribution in [0.5, 0.6) is 17.4 Å². The van der Waals surface area contributed by atoms with Gasteiger partial charge in [-0.25, -0.2) is 4.98 Å². The number of methoxy groups -OCH3 is 1. The minimum absolute atomic E-state index is 0.0658. The van der Waals surface area contributed by atoms with Gasteiger partial charge in [0.2, 0.25) is 11.8 Å². The highest BCUT2D eigenvalue weighted by Gasteiger charge is 2.07. The highest BCUT2D eigenvalue weighted by molar-refractivity contribution is 5.75. The molecule has 3 aromatic rings. The van der Waals surface area contributed by atoms with Crippen LogP contribution >= 0.6 is 0 Å². The maximum atomic E-state index is 12.2. The molecule has 0 atom stereocenters. The summed E-state index contributed by atoms with van der Waals surface area (Å²) in [6.07, 6.45) is 2.55. The van der Waals surface area contributed by atoms with E-state index in [-0.39, 0.29) is 5.91 Å². The van der Waals surface area contributed by atoms with Gasteiger partial charge >= 0.3 is 0 Å². The van der Waals surface area contributed by atoms with E-state index in [0.29, 0.717) is 55.5 Å². The van der Waals surface area contributed by atoms with Gasteiger partial charge in [-0.05, 0) is 35.7 Å². The van der Waals surface area contributed by atoms with Crippen LogP contribution in [-0.4, -0.2) is 24.6 Å². The highest BCUT2D eigenvalue weighted by atomic mass is 16.5. The Kier molecular flexibility index (Phi) is 8.46. The zero-order chi connectivity index (χ0) is 22.6. The van der Waals surface area contributed by atoms with E-state index >= 15 is 0 Å². The zero-order valence-corrected chi connectivity index (χ0v) is 17.9. The number of nitriles is 1. The van der Waals surface area contributed by atoms with Crippen molar-refractivity contribution in [2.45, 2.75) is 26.0 Å². The lowest BCUT2D eigenvalue weighted by atomic mass is 10.2. The van der Waals surface area contributed by atoms with Gasteiger partial charge in [0.15, 0.2) is 11.5 Å². The van der Waals surface area contributed by atoms with Gasteiger partial charge in [-0.2, -0.15) is 5.26 Å². The summed E-state index contributed by atoms with van der Waals surface area (Å²) in [5, 5.41) is 11.8. The fourth-order valence-corrected chi connectivity index (χ4v) is 2.93. The third-order valence-electron chi connectivity index (χ3n) is 4.62. The highest BCUT2D eigenvalue weighted by Crippen LogP contribution is 2.27. The maximum absolute atomic E-state index is 12.2. The number of amides is 1. The minimum atomic E-state index is -0.0658. The molecule has 1 aromatic heterocycles. The summed E-state index contributed by atoms with van der Waals surface area (Å²) < 4.78 is 16.6. The minimum Gasteiger partial charge on any atom is -0.493 e. The lowest BCUT2D eigenvalue weighted by Crippen LogP contribution is -2.23. The second-order valence-electron chi connectivity index (χ2n) is 6.98. The molecule has 3 rings (SSSR count). The van der Waals surface area contributed by atoms with Crippen molar-refractivity contribution in [2.24, 2.45) is 0 Å². The molecule has 7 nitrogen and oxygen atoms in total. The van der Waals surface area contributed by atoms with E-state index in [9.17, 15) is 4.79 Å². The van der Waals surface area contributed by atoms with Gasteiger partial charge in [0.25, 0.3) is 0 Å². The van der Waals surface area contributed by atoms with Crippen molar-refractivity contribution in [3.05, 3.63) is 83.6 Å². The fourth-order valence-electron chi connectivity index (χ4n) is 2.93. The van der Waals surface area contributed by atoms with E-state index in [2.05, 4.69) is 16.4 Å². The van der Waals surface area contributed by atoms with Crippen LogP contribution in [-0.2, 0) is 17.9 Å². The molecule has 32 heavy (non-hydrogen) atoms. The molecular weight excluding hydrogens is 406 g/mol. The molecule has 1 N–H and O–H groups in total.